The van der Waals surface area contributed by atoms with Crippen molar-refractivity contribution in [3.63, 3.8) is 0 Å². The normalized spacial score (nSPS) is 11.2. The molecule has 31 heavy (non-hydrogen) atoms. The third kappa shape index (κ3) is 4.82. The van der Waals surface area contributed by atoms with Crippen LogP contribution in [0.25, 0.3) is 11.1 Å². The monoisotopic (exact) mass is 433 g/mol. The Hall–Kier alpha value is -3.89. The molecule has 0 radical (unpaired) electrons. The number of aromatic nitrogens is 3. The molecule has 3 rings (SSSR count). The van der Waals surface area contributed by atoms with Gasteiger partial charge in [0.2, 0.25) is 5.27 Å². The molecule has 0 amide bonds. The molecule has 0 saturated heterocycles. The van der Waals surface area contributed by atoms with Crippen molar-refractivity contribution in [2.75, 3.05) is 11.5 Å². The molecule has 10 heteroatoms. The lowest BCUT2D eigenvalue weighted by molar-refractivity contribution is -0.759. The lowest BCUT2D eigenvalue weighted by Gasteiger charge is -2.14. The Kier molecular flexibility index (Phi) is 6.85. The van der Waals surface area contributed by atoms with Crippen molar-refractivity contribution < 1.29 is 14.3 Å². The number of hydrogen-bond acceptors (Lipinski definition) is 9. The molecule has 1 aromatic carbocycles. The van der Waals surface area contributed by atoms with Gasteiger partial charge in [-0.1, -0.05) is 47.6 Å². The fourth-order valence-electron chi connectivity index (χ4n) is 2.85. The van der Waals surface area contributed by atoms with E-state index < -0.39 is 5.90 Å². The van der Waals surface area contributed by atoms with Crippen molar-refractivity contribution in [3.05, 3.63) is 47.2 Å². The molecule has 0 unspecified atom stereocenters. The SMILES string of the molecule is CCc1ccc(-c2c(C#N)c(N)nc(SC/C([O-])=N\c3c[n+](CC)no3)c2C#N)cc1. The van der Waals surface area contributed by atoms with E-state index in [1.165, 1.54) is 10.9 Å². The smallest absolute Gasteiger partial charge is 0.320 e. The minimum atomic E-state index is -0.480. The summed E-state index contributed by atoms with van der Waals surface area (Å²) in [5, 5.41) is 35.6. The molecule has 2 heterocycles. The first kappa shape index (κ1) is 21.8. The second kappa shape index (κ2) is 9.74. The fourth-order valence-corrected chi connectivity index (χ4v) is 3.63. The van der Waals surface area contributed by atoms with Crippen LogP contribution in [-0.2, 0) is 13.0 Å². The van der Waals surface area contributed by atoms with Gasteiger partial charge < -0.3 is 10.8 Å². The summed E-state index contributed by atoms with van der Waals surface area (Å²) in [4.78, 5) is 8.04. The molecule has 0 aliphatic carbocycles. The second-order valence-corrected chi connectivity index (χ2v) is 7.36. The lowest BCUT2D eigenvalue weighted by Crippen LogP contribution is -2.32. The van der Waals surface area contributed by atoms with Crippen LogP contribution in [0.2, 0.25) is 0 Å². The van der Waals surface area contributed by atoms with Crippen LogP contribution >= 0.6 is 11.8 Å². The molecule has 2 N–H and O–H groups in total. The van der Waals surface area contributed by atoms with Gasteiger partial charge in [0, 0.05) is 11.3 Å². The molecule has 0 bridgehead atoms. The van der Waals surface area contributed by atoms with Crippen molar-refractivity contribution >= 4 is 29.4 Å². The number of nitrogens with zero attached hydrogens (tertiary/aromatic N) is 6. The summed E-state index contributed by atoms with van der Waals surface area (Å²) in [7, 11) is 0. The highest BCUT2D eigenvalue weighted by molar-refractivity contribution is 8.00. The number of benzene rings is 1. The number of nitrogens with two attached hydrogens (primary N) is 1. The zero-order valence-electron chi connectivity index (χ0n) is 17.0. The van der Waals surface area contributed by atoms with Crippen LogP contribution in [0.15, 0.2) is 45.0 Å². The van der Waals surface area contributed by atoms with Gasteiger partial charge in [0.05, 0.1) is 5.56 Å². The van der Waals surface area contributed by atoms with Crippen LogP contribution in [0.1, 0.15) is 30.5 Å². The first-order valence-electron chi connectivity index (χ1n) is 9.47. The third-order valence-electron chi connectivity index (χ3n) is 4.46. The molecule has 0 saturated carbocycles. The maximum absolute atomic E-state index is 12.2. The van der Waals surface area contributed by atoms with Gasteiger partial charge in [-0.3, -0.25) is 4.52 Å². The van der Waals surface area contributed by atoms with Crippen molar-refractivity contribution in [1.29, 1.82) is 10.5 Å². The molecule has 0 aliphatic heterocycles. The van der Waals surface area contributed by atoms with Gasteiger partial charge in [-0.15, -0.1) is 0 Å². The number of rotatable bonds is 7. The van der Waals surface area contributed by atoms with Crippen LogP contribution in [0.4, 0.5) is 11.7 Å². The Morgan fingerprint density at radius 1 is 1.23 bits per heavy atom. The fraction of sp³-hybridized carbons (Fsp3) is 0.238. The van der Waals surface area contributed by atoms with E-state index in [9.17, 15) is 15.6 Å². The molecule has 0 fully saturated rings. The molecule has 2 aromatic heterocycles. The topological polar surface area (TPSA) is 152 Å². The average molecular weight is 433 g/mol. The number of thioether (sulfide) groups is 1. The molecule has 0 spiro atoms. The Morgan fingerprint density at radius 2 is 1.94 bits per heavy atom. The number of nitriles is 2. The minimum Gasteiger partial charge on any atom is -0.861 e. The van der Waals surface area contributed by atoms with Crippen molar-refractivity contribution in [2.45, 2.75) is 31.8 Å². The molecule has 156 valence electrons. The van der Waals surface area contributed by atoms with Crippen LogP contribution < -0.4 is 15.5 Å². The minimum absolute atomic E-state index is 0.00202. The van der Waals surface area contributed by atoms with E-state index in [0.717, 1.165) is 23.7 Å². The summed E-state index contributed by atoms with van der Waals surface area (Å²) in [5.41, 5.74) is 8.55. The Balaban J connectivity index is 1.96. The summed E-state index contributed by atoms with van der Waals surface area (Å²) in [6.07, 6.45) is 2.38. The van der Waals surface area contributed by atoms with Crippen molar-refractivity contribution in [1.82, 2.24) is 10.3 Å². The number of anilines is 1. The zero-order valence-corrected chi connectivity index (χ0v) is 17.8. The molecule has 0 aliphatic rings. The maximum Gasteiger partial charge on any atom is 0.320 e. The summed E-state index contributed by atoms with van der Waals surface area (Å²) in [5.74, 6) is -0.473. The van der Waals surface area contributed by atoms with Crippen LogP contribution in [0.3, 0.4) is 0 Å². The van der Waals surface area contributed by atoms with E-state index in [-0.39, 0.29) is 33.6 Å². The lowest BCUT2D eigenvalue weighted by atomic mass is 9.96. The summed E-state index contributed by atoms with van der Waals surface area (Å²) < 4.78 is 6.47. The van der Waals surface area contributed by atoms with E-state index in [0.29, 0.717) is 17.7 Å². The van der Waals surface area contributed by atoms with Gasteiger partial charge in [0.25, 0.3) is 6.20 Å². The number of pyridine rings is 1. The van der Waals surface area contributed by atoms with Gasteiger partial charge in [0.15, 0.2) is 6.54 Å². The second-order valence-electron chi connectivity index (χ2n) is 6.39. The van der Waals surface area contributed by atoms with Crippen LogP contribution in [0, 0.1) is 22.7 Å². The molecular formula is C21H19N7O2S. The zero-order chi connectivity index (χ0) is 22.4. The highest BCUT2D eigenvalue weighted by Crippen LogP contribution is 2.35. The van der Waals surface area contributed by atoms with Crippen molar-refractivity contribution in [2.24, 2.45) is 4.99 Å². The van der Waals surface area contributed by atoms with E-state index in [4.69, 9.17) is 10.3 Å². The average Bonchev–Trinajstić information content (AvgIpc) is 3.24. The predicted octanol–water partition coefficient (Wildman–Crippen LogP) is 2.11. The van der Waals surface area contributed by atoms with E-state index >= 15 is 0 Å². The Morgan fingerprint density at radius 3 is 2.52 bits per heavy atom. The predicted molar refractivity (Wildman–Crippen MR) is 113 cm³/mol. The standard InChI is InChI=1S/C21H19N7O2S/c1-3-13-5-7-14(8-6-13)19-15(9-22)20(24)26-21(16(19)10-23)31-12-17(29)25-18-11-28(4-2)27-30-18/h5-8,11H,3-4,12H2,1-2H3,(H2-,24,25,26,27,29). The maximum atomic E-state index is 12.2. The van der Waals surface area contributed by atoms with Gasteiger partial charge in [-0.25, -0.2) is 9.98 Å². The van der Waals surface area contributed by atoms with Gasteiger partial charge in [-0.05, 0) is 30.4 Å². The number of hydrogen-bond donors (Lipinski definition) is 1. The first-order valence-corrected chi connectivity index (χ1v) is 10.5. The summed E-state index contributed by atoms with van der Waals surface area (Å²) >= 11 is 1.03. The number of aryl methyl sites for hydroxylation is 2. The molecule has 3 aromatic rings. The first-order chi connectivity index (χ1) is 15.0. The molecule has 9 nitrogen and oxygen atoms in total. The summed E-state index contributed by atoms with van der Waals surface area (Å²) in [6, 6.07) is 11.7. The van der Waals surface area contributed by atoms with Crippen LogP contribution in [-0.4, -0.2) is 21.9 Å². The Labute approximate surface area is 183 Å². The number of nitrogen functional groups attached to an aromatic ring is 1. The van der Waals surface area contributed by atoms with Gasteiger partial charge in [0.1, 0.15) is 28.5 Å². The third-order valence-corrected chi connectivity index (χ3v) is 5.42. The number of aliphatic imine (C=N–C) groups is 1. The van der Waals surface area contributed by atoms with E-state index in [2.05, 4.69) is 21.3 Å². The van der Waals surface area contributed by atoms with Gasteiger partial charge in [-0.2, -0.15) is 10.5 Å². The van der Waals surface area contributed by atoms with Gasteiger partial charge >= 0.3 is 5.88 Å². The highest BCUT2D eigenvalue weighted by atomic mass is 32.2. The van der Waals surface area contributed by atoms with Crippen LogP contribution in [0.5, 0.6) is 0 Å². The largest absolute Gasteiger partial charge is 0.861 e. The molecule has 0 atom stereocenters. The van der Waals surface area contributed by atoms with Crippen molar-refractivity contribution in [3.8, 4) is 23.3 Å². The molecular weight excluding hydrogens is 414 g/mol. The summed E-state index contributed by atoms with van der Waals surface area (Å²) in [6.45, 7) is 4.50. The quantitative estimate of drug-likeness (QED) is 0.257. The Bertz CT molecular complexity index is 1200. The van der Waals surface area contributed by atoms with E-state index in [1.807, 2.05) is 44.2 Å². The highest BCUT2D eigenvalue weighted by Gasteiger charge is 2.20. The van der Waals surface area contributed by atoms with E-state index in [1.54, 1.807) is 0 Å².